The lowest BCUT2D eigenvalue weighted by molar-refractivity contribution is -0.129. The highest BCUT2D eigenvalue weighted by molar-refractivity contribution is 5.86. The van der Waals surface area contributed by atoms with Gasteiger partial charge in [0.1, 0.15) is 6.04 Å². The molecule has 4 heterocycles. The predicted octanol–water partition coefficient (Wildman–Crippen LogP) is 1.37. The van der Waals surface area contributed by atoms with Gasteiger partial charge >= 0.3 is 6.09 Å². The minimum absolute atomic E-state index is 0.00969. The number of nitrogens with one attached hydrogen (secondary N) is 2. The lowest BCUT2D eigenvalue weighted by Gasteiger charge is -2.33. The third-order valence-electron chi connectivity index (χ3n) is 6.71. The van der Waals surface area contributed by atoms with Crippen molar-refractivity contribution in [2.24, 2.45) is 5.92 Å². The van der Waals surface area contributed by atoms with Crippen molar-refractivity contribution in [3.05, 3.63) is 30.0 Å². The molecule has 0 bridgehead atoms. The van der Waals surface area contributed by atoms with Crippen molar-refractivity contribution in [1.82, 2.24) is 30.4 Å². The number of aromatic nitrogens is 2. The summed E-state index contributed by atoms with van der Waals surface area (Å²) in [7, 11) is 3.24. The normalized spacial score (nSPS) is 27.4. The van der Waals surface area contributed by atoms with Crippen LogP contribution < -0.4 is 10.8 Å². The first-order valence-electron chi connectivity index (χ1n) is 10.8. The van der Waals surface area contributed by atoms with E-state index in [4.69, 9.17) is 9.57 Å². The monoisotopic (exact) mass is 428 g/mol. The van der Waals surface area contributed by atoms with E-state index in [2.05, 4.69) is 22.0 Å². The van der Waals surface area contributed by atoms with E-state index >= 15 is 0 Å². The van der Waals surface area contributed by atoms with Crippen LogP contribution in [-0.2, 0) is 14.4 Å². The topological polar surface area (TPSA) is 101 Å². The molecule has 31 heavy (non-hydrogen) atoms. The molecule has 3 atom stereocenters. The maximum absolute atomic E-state index is 12.5. The summed E-state index contributed by atoms with van der Waals surface area (Å²) in [5, 5.41) is 9.02. The van der Waals surface area contributed by atoms with Crippen LogP contribution in [0.1, 0.15) is 37.1 Å². The molecule has 5 rings (SSSR count). The first-order chi connectivity index (χ1) is 15.0. The van der Waals surface area contributed by atoms with Gasteiger partial charge in [0, 0.05) is 32.1 Å². The zero-order valence-electron chi connectivity index (χ0n) is 17.8. The van der Waals surface area contributed by atoms with Crippen molar-refractivity contribution < 1.29 is 19.2 Å². The molecule has 0 saturated carbocycles. The third kappa shape index (κ3) is 3.64. The molecule has 3 unspecified atom stereocenters. The van der Waals surface area contributed by atoms with Crippen LogP contribution in [-0.4, -0.2) is 71.5 Å². The number of likely N-dealkylation sites (tertiary alicyclic amines) is 2. The molecule has 1 aromatic carbocycles. The number of methoxy groups -OCH3 is 1. The van der Waals surface area contributed by atoms with Gasteiger partial charge in [-0.1, -0.05) is 12.1 Å². The average Bonchev–Trinajstić information content (AvgIpc) is 3.52. The van der Waals surface area contributed by atoms with Crippen molar-refractivity contribution >= 4 is 22.9 Å². The Morgan fingerprint density at radius 3 is 2.74 bits per heavy atom. The van der Waals surface area contributed by atoms with Crippen molar-refractivity contribution in [3.8, 4) is 0 Å². The number of fused-ring (bicyclic) bond motifs is 1. The smallest absolute Gasteiger partial charge is 0.409 e. The second-order valence-electron chi connectivity index (χ2n) is 8.53. The van der Waals surface area contributed by atoms with Gasteiger partial charge in [0.05, 0.1) is 25.0 Å². The van der Waals surface area contributed by atoms with Crippen LogP contribution in [0.3, 0.4) is 0 Å². The Labute approximate surface area is 180 Å². The Balaban J connectivity index is 1.28. The minimum atomic E-state index is -0.293. The Morgan fingerprint density at radius 1 is 1.23 bits per heavy atom. The molecule has 10 nitrogen and oxygen atoms in total. The molecule has 3 aliphatic heterocycles. The van der Waals surface area contributed by atoms with Crippen molar-refractivity contribution in [2.75, 3.05) is 33.8 Å². The number of hydroxylamine groups is 1. The van der Waals surface area contributed by atoms with Crippen LogP contribution in [0.2, 0.25) is 0 Å². The number of hydrogen-bond acceptors (Lipinski definition) is 7. The minimum Gasteiger partial charge on any atom is -0.453 e. The van der Waals surface area contributed by atoms with Gasteiger partial charge in [0.15, 0.2) is 6.23 Å². The van der Waals surface area contributed by atoms with Crippen LogP contribution in [0, 0.1) is 5.92 Å². The van der Waals surface area contributed by atoms with Gasteiger partial charge in [0.25, 0.3) is 0 Å². The Kier molecular flexibility index (Phi) is 5.28. The molecular formula is C21H28N6O4. The third-order valence-corrected chi connectivity index (χ3v) is 6.71. The van der Waals surface area contributed by atoms with Gasteiger partial charge < -0.3 is 14.5 Å². The molecule has 10 heteroatoms. The summed E-state index contributed by atoms with van der Waals surface area (Å²) in [6, 6.07) is 5.85. The number of piperidine rings is 1. The molecule has 2 aromatic rings. The molecule has 3 saturated heterocycles. The van der Waals surface area contributed by atoms with Crippen LogP contribution in [0.15, 0.2) is 24.4 Å². The zero-order valence-corrected chi connectivity index (χ0v) is 17.8. The van der Waals surface area contributed by atoms with E-state index in [1.807, 2.05) is 30.1 Å². The SMILES string of the molecule is COC(=O)N1CCC(C2NOC(c3ccc4cnn(C5CCN(C)C5=O)c4c3)N2)CC1. The summed E-state index contributed by atoms with van der Waals surface area (Å²) in [5.41, 5.74) is 5.05. The van der Waals surface area contributed by atoms with E-state index in [9.17, 15) is 9.59 Å². The highest BCUT2D eigenvalue weighted by Gasteiger charge is 2.36. The van der Waals surface area contributed by atoms with E-state index in [-0.39, 0.29) is 30.4 Å². The molecule has 1 aromatic heterocycles. The fourth-order valence-corrected chi connectivity index (χ4v) is 4.81. The van der Waals surface area contributed by atoms with Gasteiger partial charge in [-0.3, -0.25) is 19.6 Å². The Bertz CT molecular complexity index is 985. The summed E-state index contributed by atoms with van der Waals surface area (Å²) in [6.07, 6.45) is 3.77. The van der Waals surface area contributed by atoms with E-state index in [0.29, 0.717) is 19.0 Å². The van der Waals surface area contributed by atoms with Gasteiger partial charge in [-0.25, -0.2) is 4.79 Å². The van der Waals surface area contributed by atoms with E-state index < -0.39 is 0 Å². The maximum atomic E-state index is 12.5. The van der Waals surface area contributed by atoms with Gasteiger partial charge in [-0.15, -0.1) is 0 Å². The summed E-state index contributed by atoms with van der Waals surface area (Å²) >= 11 is 0. The highest BCUT2D eigenvalue weighted by atomic mass is 16.7. The zero-order chi connectivity index (χ0) is 21.5. The molecule has 166 valence electrons. The summed E-state index contributed by atoms with van der Waals surface area (Å²) in [6.45, 7) is 2.10. The lowest BCUT2D eigenvalue weighted by Crippen LogP contribution is -2.46. The molecule has 2 amide bonds. The molecule has 3 aliphatic rings. The number of benzene rings is 1. The van der Waals surface area contributed by atoms with E-state index in [0.717, 1.165) is 42.3 Å². The fraction of sp³-hybridized carbons (Fsp3) is 0.571. The lowest BCUT2D eigenvalue weighted by atomic mass is 9.94. The van der Waals surface area contributed by atoms with Crippen LogP contribution in [0.5, 0.6) is 0 Å². The summed E-state index contributed by atoms with van der Waals surface area (Å²) in [5.74, 6) is 0.456. The first kappa shape index (κ1) is 20.2. The van der Waals surface area contributed by atoms with Crippen molar-refractivity contribution in [2.45, 2.75) is 37.7 Å². The van der Waals surface area contributed by atoms with Crippen LogP contribution in [0.25, 0.3) is 10.9 Å². The second kappa shape index (κ2) is 8.10. The van der Waals surface area contributed by atoms with Gasteiger partial charge in [0.2, 0.25) is 5.91 Å². The molecule has 0 spiro atoms. The average molecular weight is 428 g/mol. The molecule has 0 aliphatic carbocycles. The summed E-state index contributed by atoms with van der Waals surface area (Å²) < 4.78 is 6.65. The fourth-order valence-electron chi connectivity index (χ4n) is 4.81. The second-order valence-corrected chi connectivity index (χ2v) is 8.53. The number of carbonyl (C=O) groups is 2. The number of ether oxygens (including phenoxy) is 1. The Morgan fingerprint density at radius 2 is 2.03 bits per heavy atom. The maximum Gasteiger partial charge on any atom is 0.409 e. The van der Waals surface area contributed by atoms with E-state index in [1.54, 1.807) is 9.80 Å². The van der Waals surface area contributed by atoms with Gasteiger partial charge in [-0.05, 0) is 36.8 Å². The summed E-state index contributed by atoms with van der Waals surface area (Å²) in [4.78, 5) is 33.5. The number of likely N-dealkylation sites (N-methyl/N-ethyl adjacent to an activating group) is 1. The standard InChI is InChI=1S/C21H28N6O4/c1-25-8-7-16(20(25)28)27-17-11-14(3-4-15(17)12-22-27)19-23-18(24-31-19)13-5-9-26(10-6-13)21(29)30-2/h3-4,11-13,16,18-19,23-24H,5-10H2,1-2H3. The number of amides is 2. The Hall–Kier alpha value is -2.69. The quantitative estimate of drug-likeness (QED) is 0.761. The molecule has 2 N–H and O–H groups in total. The molecular weight excluding hydrogens is 400 g/mol. The van der Waals surface area contributed by atoms with Crippen LogP contribution >= 0.6 is 0 Å². The largest absolute Gasteiger partial charge is 0.453 e. The molecule has 0 radical (unpaired) electrons. The number of carbonyl (C=O) groups excluding carboxylic acids is 2. The van der Waals surface area contributed by atoms with Crippen LogP contribution in [0.4, 0.5) is 4.79 Å². The number of hydrogen-bond donors (Lipinski definition) is 2. The number of rotatable bonds is 3. The van der Waals surface area contributed by atoms with E-state index in [1.165, 1.54) is 7.11 Å². The van der Waals surface area contributed by atoms with Crippen molar-refractivity contribution in [3.63, 3.8) is 0 Å². The number of nitrogens with zero attached hydrogens (tertiary/aromatic N) is 4. The first-order valence-corrected chi connectivity index (χ1v) is 10.8. The molecule has 3 fully saturated rings. The predicted molar refractivity (Wildman–Crippen MR) is 112 cm³/mol. The van der Waals surface area contributed by atoms with Crippen molar-refractivity contribution in [1.29, 1.82) is 0 Å². The van der Waals surface area contributed by atoms with Gasteiger partial charge in [-0.2, -0.15) is 10.6 Å². The highest BCUT2D eigenvalue weighted by Crippen LogP contribution is 2.30.